The molecule has 2 heterocycles. The number of aromatic nitrogens is 1. The minimum Gasteiger partial charge on any atom is -0.337 e. The molecule has 2 amide bonds. The zero-order valence-electron chi connectivity index (χ0n) is 16.3. The second-order valence-corrected chi connectivity index (χ2v) is 7.33. The van der Waals surface area contributed by atoms with Gasteiger partial charge in [0.05, 0.1) is 6.04 Å². The van der Waals surface area contributed by atoms with Crippen molar-refractivity contribution in [2.24, 2.45) is 0 Å². The quantitative estimate of drug-likeness (QED) is 0.849. The number of nitrogens with one attached hydrogen (secondary N) is 1. The highest BCUT2D eigenvalue weighted by Crippen LogP contribution is 2.27. The zero-order valence-corrected chi connectivity index (χ0v) is 16.3. The number of amides is 2. The number of rotatable bonds is 6. The first-order valence-corrected chi connectivity index (χ1v) is 9.83. The molecule has 1 aliphatic heterocycles. The Labute approximate surface area is 162 Å². The molecular weight excluding hydrogens is 336 g/mol. The number of hydrogen-bond acceptors (Lipinski definition) is 3. The molecule has 144 valence electrons. The molecule has 1 N–H and O–H groups in total. The third-order valence-electron chi connectivity index (χ3n) is 5.63. The molecule has 1 aliphatic rings. The average molecular weight is 367 g/mol. The third-order valence-corrected chi connectivity index (χ3v) is 5.63. The zero-order chi connectivity index (χ0) is 19.1. The Morgan fingerprint density at radius 1 is 1.22 bits per heavy atom. The molecule has 0 unspecified atom stereocenters. The van der Waals surface area contributed by atoms with Crippen molar-refractivity contribution in [2.75, 3.05) is 33.2 Å². The van der Waals surface area contributed by atoms with E-state index in [1.54, 1.807) is 11.1 Å². The van der Waals surface area contributed by atoms with Crippen molar-refractivity contribution in [3.05, 3.63) is 66.0 Å². The molecule has 1 aromatic carbocycles. The monoisotopic (exact) mass is 366 g/mol. The normalized spacial score (nSPS) is 16.7. The van der Waals surface area contributed by atoms with Crippen LogP contribution in [0.1, 0.15) is 42.9 Å². The Kier molecular flexibility index (Phi) is 6.82. The number of urea groups is 1. The van der Waals surface area contributed by atoms with Gasteiger partial charge in [-0.25, -0.2) is 4.79 Å². The van der Waals surface area contributed by atoms with E-state index in [1.165, 1.54) is 18.4 Å². The van der Waals surface area contributed by atoms with Gasteiger partial charge in [-0.3, -0.25) is 4.98 Å². The van der Waals surface area contributed by atoms with Crippen molar-refractivity contribution >= 4 is 6.03 Å². The maximum Gasteiger partial charge on any atom is 0.317 e. The van der Waals surface area contributed by atoms with Crippen LogP contribution in [-0.2, 0) is 0 Å². The highest BCUT2D eigenvalue weighted by molar-refractivity contribution is 5.74. The van der Waals surface area contributed by atoms with E-state index in [1.807, 2.05) is 32.3 Å². The first-order chi connectivity index (χ1) is 13.1. The summed E-state index contributed by atoms with van der Waals surface area (Å²) >= 11 is 0. The van der Waals surface area contributed by atoms with Crippen LogP contribution in [0.4, 0.5) is 4.79 Å². The number of benzene rings is 1. The summed E-state index contributed by atoms with van der Waals surface area (Å²) in [7, 11) is 1.83. The van der Waals surface area contributed by atoms with E-state index in [9.17, 15) is 4.79 Å². The van der Waals surface area contributed by atoms with Gasteiger partial charge in [-0.05, 0) is 56.0 Å². The van der Waals surface area contributed by atoms with E-state index < -0.39 is 0 Å². The summed E-state index contributed by atoms with van der Waals surface area (Å²) in [6.07, 6.45) is 5.94. The fraction of sp³-hybridized carbons (Fsp3) is 0.455. The Morgan fingerprint density at radius 2 is 1.96 bits per heavy atom. The highest BCUT2D eigenvalue weighted by atomic mass is 16.2. The van der Waals surface area contributed by atoms with Crippen LogP contribution in [0, 0.1) is 0 Å². The number of likely N-dealkylation sites (tertiary alicyclic amines) is 1. The van der Waals surface area contributed by atoms with Gasteiger partial charge in [0.2, 0.25) is 0 Å². The van der Waals surface area contributed by atoms with Crippen LogP contribution >= 0.6 is 0 Å². The number of nitrogens with zero attached hydrogens (tertiary/aromatic N) is 3. The molecule has 0 bridgehead atoms. The lowest BCUT2D eigenvalue weighted by Gasteiger charge is -2.32. The summed E-state index contributed by atoms with van der Waals surface area (Å²) in [5, 5.41) is 3.05. The number of carbonyl (C=O) groups excluding carboxylic acids is 1. The second-order valence-electron chi connectivity index (χ2n) is 7.33. The van der Waals surface area contributed by atoms with E-state index >= 15 is 0 Å². The van der Waals surface area contributed by atoms with Crippen LogP contribution < -0.4 is 5.32 Å². The highest BCUT2D eigenvalue weighted by Gasteiger charge is 2.21. The lowest BCUT2D eigenvalue weighted by Crippen LogP contribution is -2.43. The van der Waals surface area contributed by atoms with Gasteiger partial charge in [0.15, 0.2) is 0 Å². The Bertz CT molecular complexity index is 699. The first kappa shape index (κ1) is 19.4. The summed E-state index contributed by atoms with van der Waals surface area (Å²) in [4.78, 5) is 20.7. The summed E-state index contributed by atoms with van der Waals surface area (Å²) in [6.45, 7) is 5.79. The van der Waals surface area contributed by atoms with Crippen LogP contribution in [0.5, 0.6) is 0 Å². The van der Waals surface area contributed by atoms with Gasteiger partial charge in [-0.2, -0.15) is 0 Å². The van der Waals surface area contributed by atoms with E-state index in [0.29, 0.717) is 12.5 Å². The SMILES string of the molecule is C[C@@H](c1cccnc1)N(C)C(=O)NCCN1CCC(c2ccccc2)CC1. The van der Waals surface area contributed by atoms with Crippen LogP contribution in [-0.4, -0.2) is 54.0 Å². The summed E-state index contributed by atoms with van der Waals surface area (Å²) in [5.41, 5.74) is 2.50. The molecule has 2 aromatic rings. The van der Waals surface area contributed by atoms with Crippen molar-refractivity contribution in [1.82, 2.24) is 20.1 Å². The fourth-order valence-corrected chi connectivity index (χ4v) is 3.68. The molecule has 5 heteroatoms. The maximum atomic E-state index is 12.4. The molecule has 0 radical (unpaired) electrons. The Morgan fingerprint density at radius 3 is 2.63 bits per heavy atom. The number of pyridine rings is 1. The number of piperidine rings is 1. The van der Waals surface area contributed by atoms with Gasteiger partial charge in [-0.15, -0.1) is 0 Å². The number of carbonyl (C=O) groups is 1. The van der Waals surface area contributed by atoms with E-state index in [-0.39, 0.29) is 12.1 Å². The van der Waals surface area contributed by atoms with Crippen LogP contribution in [0.15, 0.2) is 54.9 Å². The predicted octanol–water partition coefficient (Wildman–Crippen LogP) is 3.66. The van der Waals surface area contributed by atoms with Crippen LogP contribution in [0.25, 0.3) is 0 Å². The molecule has 27 heavy (non-hydrogen) atoms. The molecule has 0 spiro atoms. The molecule has 0 saturated carbocycles. The first-order valence-electron chi connectivity index (χ1n) is 9.83. The third kappa shape index (κ3) is 5.30. The van der Waals surface area contributed by atoms with Crippen LogP contribution in [0.2, 0.25) is 0 Å². The standard InChI is InChI=1S/C22H30N4O/c1-18(21-9-6-12-23-17-21)25(2)22(27)24-13-16-26-14-10-20(11-15-26)19-7-4-3-5-8-19/h3-9,12,17-18,20H,10-11,13-16H2,1-2H3,(H,24,27)/t18-/m0/s1. The maximum absolute atomic E-state index is 12.4. The molecule has 1 atom stereocenters. The lowest BCUT2D eigenvalue weighted by atomic mass is 9.89. The lowest BCUT2D eigenvalue weighted by molar-refractivity contribution is 0.185. The van der Waals surface area contributed by atoms with Crippen molar-refractivity contribution in [2.45, 2.75) is 31.7 Å². The second kappa shape index (κ2) is 9.51. The van der Waals surface area contributed by atoms with E-state index in [4.69, 9.17) is 0 Å². The Hall–Kier alpha value is -2.40. The van der Waals surface area contributed by atoms with Gasteiger partial charge < -0.3 is 15.1 Å². The topological polar surface area (TPSA) is 48.5 Å². The largest absolute Gasteiger partial charge is 0.337 e. The molecule has 0 aliphatic carbocycles. The molecule has 3 rings (SSSR count). The van der Waals surface area contributed by atoms with E-state index in [0.717, 1.165) is 25.2 Å². The van der Waals surface area contributed by atoms with E-state index in [2.05, 4.69) is 45.5 Å². The Balaban J connectivity index is 1.38. The van der Waals surface area contributed by atoms with Gasteiger partial charge in [0, 0.05) is 32.5 Å². The van der Waals surface area contributed by atoms with Crippen LogP contribution in [0.3, 0.4) is 0 Å². The van der Waals surface area contributed by atoms with Crippen molar-refractivity contribution in [1.29, 1.82) is 0 Å². The molecule has 1 aromatic heterocycles. The van der Waals surface area contributed by atoms with Gasteiger partial charge in [-0.1, -0.05) is 36.4 Å². The van der Waals surface area contributed by atoms with Gasteiger partial charge in [0.25, 0.3) is 0 Å². The number of hydrogen-bond donors (Lipinski definition) is 1. The molecular formula is C22H30N4O. The molecule has 1 saturated heterocycles. The summed E-state index contributed by atoms with van der Waals surface area (Å²) in [5.74, 6) is 0.670. The minimum atomic E-state index is -0.0366. The predicted molar refractivity (Wildman–Crippen MR) is 109 cm³/mol. The fourth-order valence-electron chi connectivity index (χ4n) is 3.68. The van der Waals surface area contributed by atoms with Crippen molar-refractivity contribution in [3.63, 3.8) is 0 Å². The van der Waals surface area contributed by atoms with Crippen molar-refractivity contribution in [3.8, 4) is 0 Å². The van der Waals surface area contributed by atoms with Gasteiger partial charge >= 0.3 is 6.03 Å². The minimum absolute atomic E-state index is 0.000294. The van der Waals surface area contributed by atoms with Crippen molar-refractivity contribution < 1.29 is 4.79 Å². The molecule has 1 fully saturated rings. The molecule has 5 nitrogen and oxygen atoms in total. The smallest absolute Gasteiger partial charge is 0.317 e. The van der Waals surface area contributed by atoms with Gasteiger partial charge in [0.1, 0.15) is 0 Å². The summed E-state index contributed by atoms with van der Waals surface area (Å²) in [6, 6.07) is 14.7. The average Bonchev–Trinajstić information content (AvgIpc) is 2.74. The summed E-state index contributed by atoms with van der Waals surface area (Å²) < 4.78 is 0.